The van der Waals surface area contributed by atoms with Crippen LogP contribution in [-0.2, 0) is 9.53 Å². The highest BCUT2D eigenvalue weighted by atomic mass is 16.5. The molecule has 1 fully saturated rings. The van der Waals surface area contributed by atoms with Crippen LogP contribution in [0, 0.1) is 5.92 Å². The number of benzene rings is 2. The lowest BCUT2D eigenvalue weighted by Crippen LogP contribution is -2.27. The van der Waals surface area contributed by atoms with Crippen LogP contribution >= 0.6 is 0 Å². The van der Waals surface area contributed by atoms with Crippen LogP contribution in [0.5, 0.6) is 0 Å². The van der Waals surface area contributed by atoms with Gasteiger partial charge in [0.2, 0.25) is 0 Å². The number of rotatable bonds is 4. The van der Waals surface area contributed by atoms with Crippen LogP contribution < -0.4 is 0 Å². The van der Waals surface area contributed by atoms with Gasteiger partial charge in [-0.15, -0.1) is 0 Å². The second-order valence-electron chi connectivity index (χ2n) is 6.43. The number of carbonyl (C=O) groups is 1. The van der Waals surface area contributed by atoms with E-state index in [2.05, 4.69) is 6.58 Å². The molecule has 2 aromatic carbocycles. The SMILES string of the molecule is C=C(c1ccccc1)[C@@]1(O)C[C@H](C(=O)OC)[C@@H](c2ccccc2)C1. The third kappa shape index (κ3) is 3.00. The van der Waals surface area contributed by atoms with Crippen molar-refractivity contribution in [2.24, 2.45) is 5.92 Å². The van der Waals surface area contributed by atoms with E-state index in [0.29, 0.717) is 18.4 Å². The number of hydrogen-bond acceptors (Lipinski definition) is 3. The summed E-state index contributed by atoms with van der Waals surface area (Å²) >= 11 is 0. The van der Waals surface area contributed by atoms with E-state index in [1.807, 2.05) is 60.7 Å². The van der Waals surface area contributed by atoms with Gasteiger partial charge in [0.05, 0.1) is 18.6 Å². The van der Waals surface area contributed by atoms with Crippen LogP contribution in [0.15, 0.2) is 67.2 Å². The third-order valence-corrected chi connectivity index (χ3v) is 5.02. The molecular formula is C21H22O3. The highest BCUT2D eigenvalue weighted by molar-refractivity contribution is 5.78. The summed E-state index contributed by atoms with van der Waals surface area (Å²) in [6.07, 6.45) is 0.789. The molecule has 0 bridgehead atoms. The van der Waals surface area contributed by atoms with Crippen molar-refractivity contribution in [2.45, 2.75) is 24.4 Å². The number of esters is 1. The number of carbonyl (C=O) groups excluding carboxylic acids is 1. The van der Waals surface area contributed by atoms with Crippen molar-refractivity contribution in [1.29, 1.82) is 0 Å². The zero-order chi connectivity index (χ0) is 17.2. The zero-order valence-corrected chi connectivity index (χ0v) is 13.8. The van der Waals surface area contributed by atoms with Gasteiger partial charge in [-0.05, 0) is 29.5 Å². The first-order valence-corrected chi connectivity index (χ1v) is 8.15. The summed E-state index contributed by atoms with van der Waals surface area (Å²) in [6, 6.07) is 19.5. The normalized spacial score (nSPS) is 26.1. The Morgan fingerprint density at radius 3 is 2.25 bits per heavy atom. The van der Waals surface area contributed by atoms with Gasteiger partial charge >= 0.3 is 5.97 Å². The van der Waals surface area contributed by atoms with Gasteiger partial charge in [-0.3, -0.25) is 4.79 Å². The molecule has 1 saturated carbocycles. The van der Waals surface area contributed by atoms with Crippen molar-refractivity contribution in [1.82, 2.24) is 0 Å². The van der Waals surface area contributed by atoms with Gasteiger partial charge in [-0.1, -0.05) is 67.2 Å². The minimum absolute atomic E-state index is 0.0795. The Labute approximate surface area is 142 Å². The standard InChI is InChI=1S/C21H22O3/c1-15(16-9-5-3-6-10-16)21(23)13-18(17-11-7-4-8-12-17)19(14-21)20(22)24-2/h3-12,18-19,23H,1,13-14H2,2H3/t18-,19+,21+/m1/s1. The molecule has 3 rings (SSSR count). The van der Waals surface area contributed by atoms with E-state index < -0.39 is 5.60 Å². The fourth-order valence-electron chi connectivity index (χ4n) is 3.70. The molecule has 3 nitrogen and oxygen atoms in total. The molecule has 0 unspecified atom stereocenters. The quantitative estimate of drug-likeness (QED) is 0.871. The highest BCUT2D eigenvalue weighted by Gasteiger charge is 2.49. The van der Waals surface area contributed by atoms with Crippen molar-refractivity contribution in [2.75, 3.05) is 7.11 Å². The minimum Gasteiger partial charge on any atom is -0.469 e. The lowest BCUT2D eigenvalue weighted by molar-refractivity contribution is -0.146. The number of aliphatic hydroxyl groups is 1. The molecule has 3 heteroatoms. The third-order valence-electron chi connectivity index (χ3n) is 5.02. The maximum absolute atomic E-state index is 12.3. The van der Waals surface area contributed by atoms with Crippen LogP contribution in [0.25, 0.3) is 5.57 Å². The minimum atomic E-state index is -1.11. The summed E-state index contributed by atoms with van der Waals surface area (Å²) < 4.78 is 4.98. The Morgan fingerprint density at radius 2 is 1.67 bits per heavy atom. The Kier molecular flexibility index (Phi) is 4.54. The maximum atomic E-state index is 12.3. The van der Waals surface area contributed by atoms with E-state index in [0.717, 1.165) is 11.1 Å². The number of ether oxygens (including phenoxy) is 1. The largest absolute Gasteiger partial charge is 0.469 e. The molecule has 2 aromatic rings. The summed E-state index contributed by atoms with van der Waals surface area (Å²) in [7, 11) is 1.40. The van der Waals surface area contributed by atoms with Crippen molar-refractivity contribution in [3.05, 3.63) is 78.4 Å². The van der Waals surface area contributed by atoms with E-state index in [1.165, 1.54) is 7.11 Å². The molecule has 24 heavy (non-hydrogen) atoms. The number of hydrogen-bond donors (Lipinski definition) is 1. The lowest BCUT2D eigenvalue weighted by Gasteiger charge is -2.26. The predicted octanol–water partition coefficient (Wildman–Crippen LogP) is 3.80. The fraction of sp³-hybridized carbons (Fsp3) is 0.286. The van der Waals surface area contributed by atoms with Gasteiger partial charge in [0.15, 0.2) is 0 Å². The molecule has 0 amide bonds. The number of methoxy groups -OCH3 is 1. The molecular weight excluding hydrogens is 300 g/mol. The Morgan fingerprint density at radius 1 is 1.08 bits per heavy atom. The summed E-state index contributed by atoms with van der Waals surface area (Å²) in [5, 5.41) is 11.3. The summed E-state index contributed by atoms with van der Waals surface area (Å²) in [5.41, 5.74) is 1.50. The topological polar surface area (TPSA) is 46.5 Å². The maximum Gasteiger partial charge on any atom is 0.309 e. The Balaban J connectivity index is 1.94. The molecule has 1 N–H and O–H groups in total. The van der Waals surface area contributed by atoms with Crippen LogP contribution in [0.4, 0.5) is 0 Å². The van der Waals surface area contributed by atoms with E-state index in [-0.39, 0.29) is 17.8 Å². The van der Waals surface area contributed by atoms with E-state index >= 15 is 0 Å². The van der Waals surface area contributed by atoms with Gasteiger partial charge in [-0.2, -0.15) is 0 Å². The molecule has 1 aliphatic carbocycles. The summed E-state index contributed by atoms with van der Waals surface area (Å²) in [6.45, 7) is 4.12. The van der Waals surface area contributed by atoms with E-state index in [1.54, 1.807) is 0 Å². The van der Waals surface area contributed by atoms with Gasteiger partial charge in [-0.25, -0.2) is 0 Å². The fourth-order valence-corrected chi connectivity index (χ4v) is 3.70. The van der Waals surface area contributed by atoms with Crippen molar-refractivity contribution in [3.63, 3.8) is 0 Å². The van der Waals surface area contributed by atoms with Gasteiger partial charge < -0.3 is 9.84 Å². The van der Waals surface area contributed by atoms with Crippen LogP contribution in [-0.4, -0.2) is 23.8 Å². The van der Waals surface area contributed by atoms with Crippen LogP contribution in [0.3, 0.4) is 0 Å². The molecule has 0 aromatic heterocycles. The van der Waals surface area contributed by atoms with Crippen LogP contribution in [0.2, 0.25) is 0 Å². The smallest absolute Gasteiger partial charge is 0.309 e. The Bertz CT molecular complexity index is 723. The van der Waals surface area contributed by atoms with Gasteiger partial charge in [0.25, 0.3) is 0 Å². The molecule has 0 spiro atoms. The lowest BCUT2D eigenvalue weighted by atomic mass is 9.86. The first kappa shape index (κ1) is 16.5. The molecule has 0 radical (unpaired) electrons. The average Bonchev–Trinajstić information content (AvgIpc) is 3.01. The molecule has 0 heterocycles. The molecule has 0 aliphatic heterocycles. The molecule has 3 atom stereocenters. The first-order chi connectivity index (χ1) is 11.5. The highest BCUT2D eigenvalue weighted by Crippen LogP contribution is 2.50. The first-order valence-electron chi connectivity index (χ1n) is 8.15. The van der Waals surface area contributed by atoms with Gasteiger partial charge in [0, 0.05) is 5.92 Å². The monoisotopic (exact) mass is 322 g/mol. The van der Waals surface area contributed by atoms with Crippen molar-refractivity contribution in [3.8, 4) is 0 Å². The van der Waals surface area contributed by atoms with Gasteiger partial charge in [0.1, 0.15) is 0 Å². The van der Waals surface area contributed by atoms with Crippen molar-refractivity contribution >= 4 is 11.5 Å². The summed E-state index contributed by atoms with van der Waals surface area (Å²) in [4.78, 5) is 12.3. The van der Waals surface area contributed by atoms with Crippen LogP contribution in [0.1, 0.15) is 29.9 Å². The van der Waals surface area contributed by atoms with E-state index in [9.17, 15) is 9.90 Å². The molecule has 0 saturated heterocycles. The Hall–Kier alpha value is -2.39. The zero-order valence-electron chi connectivity index (χ0n) is 13.8. The van der Waals surface area contributed by atoms with Crippen molar-refractivity contribution < 1.29 is 14.6 Å². The second kappa shape index (κ2) is 6.62. The predicted molar refractivity (Wildman–Crippen MR) is 94.3 cm³/mol. The average molecular weight is 322 g/mol. The second-order valence-corrected chi connectivity index (χ2v) is 6.43. The summed E-state index contributed by atoms with van der Waals surface area (Å²) in [5.74, 6) is -0.729. The molecule has 1 aliphatic rings. The van der Waals surface area contributed by atoms with E-state index in [4.69, 9.17) is 4.74 Å². The molecule has 124 valence electrons.